The second-order valence-electron chi connectivity index (χ2n) is 5.45. The van der Waals surface area contributed by atoms with Gasteiger partial charge < -0.3 is 10.0 Å². The van der Waals surface area contributed by atoms with Crippen LogP contribution in [0, 0.1) is 5.92 Å². The Labute approximate surface area is 124 Å². The van der Waals surface area contributed by atoms with Crippen LogP contribution >= 0.6 is 0 Å². The third-order valence-corrected chi connectivity index (χ3v) is 4.56. The molecule has 3 N–H and O–H groups in total. The fourth-order valence-corrected chi connectivity index (χ4v) is 3.51. The largest absolute Gasteiger partial charge is 0.388 e. The van der Waals surface area contributed by atoms with Crippen molar-refractivity contribution in [2.45, 2.75) is 18.9 Å². The molecule has 1 aliphatic heterocycles. The van der Waals surface area contributed by atoms with Gasteiger partial charge >= 0.3 is 0 Å². The summed E-state index contributed by atoms with van der Waals surface area (Å²) in [7, 11) is -3.56. The topological polar surface area (TPSA) is 101 Å². The average molecular weight is 312 g/mol. The van der Waals surface area contributed by atoms with Crippen LogP contribution in [0.2, 0.25) is 0 Å². The summed E-state index contributed by atoms with van der Waals surface area (Å²) in [6.45, 7) is 0.798. The third kappa shape index (κ3) is 4.80. The molecule has 0 aliphatic carbocycles. The molecular formula is C14H20N2O4S. The second-order valence-corrected chi connectivity index (χ2v) is 7.11. The van der Waals surface area contributed by atoms with Crippen LogP contribution in [0.3, 0.4) is 0 Å². The molecular weight excluding hydrogens is 292 g/mol. The first-order valence-electron chi connectivity index (χ1n) is 6.86. The van der Waals surface area contributed by atoms with Crippen molar-refractivity contribution in [3.05, 3.63) is 35.9 Å². The molecule has 0 radical (unpaired) electrons. The summed E-state index contributed by atoms with van der Waals surface area (Å²) >= 11 is 0. The summed E-state index contributed by atoms with van der Waals surface area (Å²) in [5.41, 5.74) is 0.810. The lowest BCUT2D eigenvalue weighted by atomic mass is 10.1. The molecule has 0 aromatic heterocycles. The van der Waals surface area contributed by atoms with Crippen molar-refractivity contribution in [3.63, 3.8) is 0 Å². The van der Waals surface area contributed by atoms with Gasteiger partial charge in [-0.25, -0.2) is 13.6 Å². The minimum absolute atomic E-state index is 0.0797. The van der Waals surface area contributed by atoms with E-state index in [1.54, 1.807) is 4.90 Å². The van der Waals surface area contributed by atoms with Crippen molar-refractivity contribution < 1.29 is 18.3 Å². The van der Waals surface area contributed by atoms with Crippen LogP contribution in [0.15, 0.2) is 30.3 Å². The first-order chi connectivity index (χ1) is 9.85. The molecule has 116 valence electrons. The Balaban J connectivity index is 1.85. The van der Waals surface area contributed by atoms with Crippen LogP contribution in [-0.2, 0) is 14.8 Å². The Hall–Kier alpha value is -1.44. The van der Waals surface area contributed by atoms with Gasteiger partial charge in [-0.05, 0) is 12.0 Å². The standard InChI is InChI=1S/C14H20N2O4S/c15-21(19,20)10-11-8-14(18)16(9-11)7-6-13(17)12-4-2-1-3-5-12/h1-5,11,13,17H,6-10H2,(H2,15,19,20). The number of carbonyl (C=O) groups excluding carboxylic acids is 1. The van der Waals surface area contributed by atoms with Gasteiger partial charge in [-0.3, -0.25) is 4.79 Å². The Bertz CT molecular complexity index is 588. The zero-order valence-corrected chi connectivity index (χ0v) is 12.5. The van der Waals surface area contributed by atoms with E-state index in [4.69, 9.17) is 5.14 Å². The van der Waals surface area contributed by atoms with Crippen molar-refractivity contribution in [1.82, 2.24) is 4.90 Å². The number of hydrogen-bond acceptors (Lipinski definition) is 4. The number of nitrogens with zero attached hydrogens (tertiary/aromatic N) is 1. The third-order valence-electron chi connectivity index (χ3n) is 3.62. The molecule has 1 aromatic rings. The highest BCUT2D eigenvalue weighted by Crippen LogP contribution is 2.22. The van der Waals surface area contributed by atoms with Crippen LogP contribution in [0.25, 0.3) is 0 Å². The minimum atomic E-state index is -3.56. The molecule has 1 saturated heterocycles. The molecule has 1 heterocycles. The van der Waals surface area contributed by atoms with Gasteiger partial charge in [-0.1, -0.05) is 30.3 Å². The van der Waals surface area contributed by atoms with E-state index >= 15 is 0 Å². The predicted molar refractivity (Wildman–Crippen MR) is 78.7 cm³/mol. The maximum Gasteiger partial charge on any atom is 0.222 e. The Kier molecular flexibility index (Phi) is 4.97. The van der Waals surface area contributed by atoms with Crippen molar-refractivity contribution in [2.75, 3.05) is 18.8 Å². The Morgan fingerprint density at radius 3 is 2.62 bits per heavy atom. The van der Waals surface area contributed by atoms with Crippen LogP contribution in [0.4, 0.5) is 0 Å². The molecule has 1 fully saturated rings. The number of hydrogen-bond donors (Lipinski definition) is 2. The molecule has 21 heavy (non-hydrogen) atoms. The summed E-state index contributed by atoms with van der Waals surface area (Å²) in [5, 5.41) is 15.1. The zero-order valence-electron chi connectivity index (χ0n) is 11.7. The maximum atomic E-state index is 11.8. The molecule has 2 rings (SSSR count). The van der Waals surface area contributed by atoms with Gasteiger partial charge in [0.15, 0.2) is 0 Å². The molecule has 0 spiro atoms. The van der Waals surface area contributed by atoms with Gasteiger partial charge in [0.1, 0.15) is 0 Å². The van der Waals surface area contributed by atoms with E-state index in [-0.39, 0.29) is 24.0 Å². The molecule has 2 unspecified atom stereocenters. The highest BCUT2D eigenvalue weighted by molar-refractivity contribution is 7.89. The van der Waals surface area contributed by atoms with Crippen molar-refractivity contribution in [1.29, 1.82) is 0 Å². The van der Waals surface area contributed by atoms with E-state index in [0.717, 1.165) is 5.56 Å². The number of likely N-dealkylation sites (tertiary alicyclic amines) is 1. The van der Waals surface area contributed by atoms with Crippen LogP contribution in [0.1, 0.15) is 24.5 Å². The normalized spacial score (nSPS) is 20.8. The monoisotopic (exact) mass is 312 g/mol. The highest BCUT2D eigenvalue weighted by Gasteiger charge is 2.31. The number of nitrogens with two attached hydrogens (primary N) is 1. The number of carbonyl (C=O) groups is 1. The predicted octanol–water partition coefficient (Wildman–Crippen LogP) is 0.247. The molecule has 2 atom stereocenters. The van der Waals surface area contributed by atoms with Gasteiger partial charge in [0.2, 0.25) is 15.9 Å². The van der Waals surface area contributed by atoms with Gasteiger partial charge in [0, 0.05) is 25.4 Å². The van der Waals surface area contributed by atoms with E-state index in [9.17, 15) is 18.3 Å². The summed E-state index contributed by atoms with van der Waals surface area (Å²) in [6.07, 6.45) is 0.00620. The number of primary sulfonamides is 1. The fourth-order valence-electron chi connectivity index (χ4n) is 2.63. The number of sulfonamides is 1. The highest BCUT2D eigenvalue weighted by atomic mass is 32.2. The number of benzene rings is 1. The first kappa shape index (κ1) is 15.9. The van der Waals surface area contributed by atoms with Crippen LogP contribution in [0.5, 0.6) is 0 Å². The van der Waals surface area contributed by atoms with E-state index < -0.39 is 16.1 Å². The molecule has 1 amide bonds. The van der Waals surface area contributed by atoms with Crippen molar-refractivity contribution in [2.24, 2.45) is 11.1 Å². The van der Waals surface area contributed by atoms with E-state index in [1.807, 2.05) is 30.3 Å². The van der Waals surface area contributed by atoms with Crippen LogP contribution in [-0.4, -0.2) is 43.2 Å². The fraction of sp³-hybridized carbons (Fsp3) is 0.500. The average Bonchev–Trinajstić information content (AvgIpc) is 2.74. The Morgan fingerprint density at radius 1 is 1.33 bits per heavy atom. The lowest BCUT2D eigenvalue weighted by molar-refractivity contribution is -0.128. The second kappa shape index (κ2) is 6.55. The summed E-state index contributed by atoms with van der Waals surface area (Å²) in [6, 6.07) is 9.24. The molecule has 1 aliphatic rings. The smallest absolute Gasteiger partial charge is 0.222 e. The lowest BCUT2D eigenvalue weighted by Gasteiger charge is -2.19. The summed E-state index contributed by atoms with van der Waals surface area (Å²) < 4.78 is 22.1. The number of amides is 1. The number of aliphatic hydroxyl groups excluding tert-OH is 1. The van der Waals surface area contributed by atoms with Crippen LogP contribution < -0.4 is 5.14 Å². The van der Waals surface area contributed by atoms with E-state index in [1.165, 1.54) is 0 Å². The first-order valence-corrected chi connectivity index (χ1v) is 8.58. The Morgan fingerprint density at radius 2 is 2.00 bits per heavy atom. The quantitative estimate of drug-likeness (QED) is 0.786. The summed E-state index contributed by atoms with van der Waals surface area (Å²) in [5.74, 6) is -0.499. The van der Waals surface area contributed by atoms with Crippen molar-refractivity contribution in [3.8, 4) is 0 Å². The number of rotatable bonds is 6. The van der Waals surface area contributed by atoms with Crippen molar-refractivity contribution >= 4 is 15.9 Å². The van der Waals surface area contributed by atoms with E-state index in [2.05, 4.69) is 0 Å². The molecule has 0 bridgehead atoms. The van der Waals surface area contributed by atoms with Gasteiger partial charge in [0.25, 0.3) is 0 Å². The zero-order chi connectivity index (χ0) is 15.5. The summed E-state index contributed by atoms with van der Waals surface area (Å²) in [4.78, 5) is 13.4. The number of aliphatic hydroxyl groups is 1. The SMILES string of the molecule is NS(=O)(=O)CC1CC(=O)N(CCC(O)c2ccccc2)C1. The molecule has 7 heteroatoms. The van der Waals surface area contributed by atoms with E-state index in [0.29, 0.717) is 19.5 Å². The molecule has 6 nitrogen and oxygen atoms in total. The minimum Gasteiger partial charge on any atom is -0.388 e. The van der Waals surface area contributed by atoms with Gasteiger partial charge in [-0.2, -0.15) is 0 Å². The molecule has 1 aromatic carbocycles. The molecule has 0 saturated carbocycles. The lowest BCUT2D eigenvalue weighted by Crippen LogP contribution is -2.29. The van der Waals surface area contributed by atoms with Gasteiger partial charge in [-0.15, -0.1) is 0 Å². The van der Waals surface area contributed by atoms with Gasteiger partial charge in [0.05, 0.1) is 11.9 Å². The maximum absolute atomic E-state index is 11.8.